The second kappa shape index (κ2) is 8.30. The van der Waals surface area contributed by atoms with Crippen molar-refractivity contribution in [1.82, 2.24) is 20.1 Å². The van der Waals surface area contributed by atoms with E-state index in [9.17, 15) is 9.59 Å². The lowest BCUT2D eigenvalue weighted by Crippen LogP contribution is -2.44. The van der Waals surface area contributed by atoms with Gasteiger partial charge in [-0.25, -0.2) is 4.98 Å². The zero-order valence-electron chi connectivity index (χ0n) is 19.3. The van der Waals surface area contributed by atoms with E-state index in [0.29, 0.717) is 30.2 Å². The highest BCUT2D eigenvalue weighted by Crippen LogP contribution is 2.35. The molecule has 34 heavy (non-hydrogen) atoms. The fourth-order valence-electron chi connectivity index (χ4n) is 4.55. The lowest BCUT2D eigenvalue weighted by Gasteiger charge is -2.39. The van der Waals surface area contributed by atoms with Crippen LogP contribution < -0.4 is 10.6 Å². The Balaban J connectivity index is 1.39. The predicted octanol–water partition coefficient (Wildman–Crippen LogP) is 4.59. The third-order valence-corrected chi connectivity index (χ3v) is 6.24. The highest BCUT2D eigenvalue weighted by molar-refractivity contribution is 6.08. The van der Waals surface area contributed by atoms with Gasteiger partial charge >= 0.3 is 0 Å². The number of hydrogen-bond donors (Lipinski definition) is 3. The number of nitrogens with zero attached hydrogens (tertiary/aromatic N) is 3. The molecule has 4 aromatic rings. The zero-order chi connectivity index (χ0) is 23.9. The van der Waals surface area contributed by atoms with E-state index in [0.717, 1.165) is 22.2 Å². The summed E-state index contributed by atoms with van der Waals surface area (Å²) < 4.78 is 0. The number of anilines is 3. The summed E-state index contributed by atoms with van der Waals surface area (Å²) in [5, 5.41) is 14.2. The van der Waals surface area contributed by atoms with Gasteiger partial charge in [-0.15, -0.1) is 0 Å². The topological polar surface area (TPSA) is 103 Å². The largest absolute Gasteiger partial charge is 0.340 e. The highest BCUT2D eigenvalue weighted by Gasteiger charge is 2.32. The molecule has 172 valence electrons. The van der Waals surface area contributed by atoms with Gasteiger partial charge in [-0.05, 0) is 53.6 Å². The molecular weight excluding hydrogens is 428 g/mol. The first-order valence-corrected chi connectivity index (χ1v) is 11.2. The zero-order valence-corrected chi connectivity index (χ0v) is 19.3. The molecule has 0 radical (unpaired) electrons. The van der Waals surface area contributed by atoms with Crippen LogP contribution in [0, 0.1) is 0 Å². The Morgan fingerprint density at radius 3 is 2.74 bits per heavy atom. The molecule has 0 saturated heterocycles. The van der Waals surface area contributed by atoms with Crippen LogP contribution in [-0.4, -0.2) is 38.4 Å². The number of aromatic amines is 1. The van der Waals surface area contributed by atoms with E-state index < -0.39 is 0 Å². The maximum atomic E-state index is 13.2. The predicted molar refractivity (Wildman–Crippen MR) is 132 cm³/mol. The number of aromatic nitrogens is 3. The molecule has 0 aliphatic carbocycles. The van der Waals surface area contributed by atoms with Gasteiger partial charge in [0.05, 0.1) is 17.3 Å². The van der Waals surface area contributed by atoms with Crippen molar-refractivity contribution in [2.45, 2.75) is 32.7 Å². The Morgan fingerprint density at radius 2 is 1.91 bits per heavy atom. The summed E-state index contributed by atoms with van der Waals surface area (Å²) in [6.07, 6.45) is 3.40. The SMILES string of the molecule is CC(=O)N1Cc2cc(NC(=O)c3cccnc3Nc3ccc4cn[nH]c4c3)ccc2C(C)(C)C1. The monoisotopic (exact) mass is 454 g/mol. The number of H-pyrrole nitrogens is 1. The summed E-state index contributed by atoms with van der Waals surface area (Å²) in [6.45, 7) is 7.07. The van der Waals surface area contributed by atoms with Crippen LogP contribution in [-0.2, 0) is 16.8 Å². The lowest BCUT2D eigenvalue weighted by molar-refractivity contribution is -0.130. The van der Waals surface area contributed by atoms with Crippen LogP contribution in [0.3, 0.4) is 0 Å². The molecule has 1 aliphatic heterocycles. The van der Waals surface area contributed by atoms with Crippen molar-refractivity contribution in [3.8, 4) is 0 Å². The Hall–Kier alpha value is -4.20. The van der Waals surface area contributed by atoms with Gasteiger partial charge in [-0.3, -0.25) is 14.7 Å². The standard InChI is InChI=1S/C26H26N6O2/c1-16(33)32-14-18-11-19(8-9-22(18)26(2,3)15-32)30-25(34)21-5-4-10-27-24(21)29-20-7-6-17-13-28-31-23(17)12-20/h4-13H,14-15H2,1-3H3,(H,27,29)(H,28,31)(H,30,34). The second-order valence-electron chi connectivity index (χ2n) is 9.28. The minimum absolute atomic E-state index is 0.0487. The molecule has 8 heteroatoms. The van der Waals surface area contributed by atoms with Crippen LogP contribution in [0.1, 0.15) is 42.3 Å². The van der Waals surface area contributed by atoms with Crippen molar-refractivity contribution in [1.29, 1.82) is 0 Å². The summed E-state index contributed by atoms with van der Waals surface area (Å²) >= 11 is 0. The van der Waals surface area contributed by atoms with Crippen LogP contribution >= 0.6 is 0 Å². The number of hydrogen-bond acceptors (Lipinski definition) is 5. The first-order chi connectivity index (χ1) is 16.3. The van der Waals surface area contributed by atoms with Crippen LogP contribution in [0.2, 0.25) is 0 Å². The van der Waals surface area contributed by atoms with E-state index >= 15 is 0 Å². The van der Waals surface area contributed by atoms with E-state index in [1.165, 1.54) is 5.56 Å². The molecule has 0 saturated carbocycles. The maximum absolute atomic E-state index is 13.2. The fourth-order valence-corrected chi connectivity index (χ4v) is 4.55. The Labute approximate surface area is 197 Å². The first kappa shape index (κ1) is 21.6. The molecule has 2 amide bonds. The number of fused-ring (bicyclic) bond motifs is 2. The van der Waals surface area contributed by atoms with Crippen LogP contribution in [0.15, 0.2) is 60.9 Å². The van der Waals surface area contributed by atoms with Gasteiger partial charge in [-0.2, -0.15) is 5.10 Å². The molecule has 0 atom stereocenters. The van der Waals surface area contributed by atoms with Crippen molar-refractivity contribution < 1.29 is 9.59 Å². The van der Waals surface area contributed by atoms with Crippen LogP contribution in [0.4, 0.5) is 17.2 Å². The number of rotatable bonds is 4. The van der Waals surface area contributed by atoms with E-state index in [1.54, 1.807) is 31.5 Å². The number of carbonyl (C=O) groups excluding carboxylic acids is 2. The van der Waals surface area contributed by atoms with E-state index in [1.807, 2.05) is 41.3 Å². The maximum Gasteiger partial charge on any atom is 0.259 e. The molecule has 3 heterocycles. The number of pyridine rings is 1. The summed E-state index contributed by atoms with van der Waals surface area (Å²) in [5.41, 5.74) is 4.88. The molecule has 2 aromatic heterocycles. The van der Waals surface area contributed by atoms with Gasteiger partial charge in [0, 0.05) is 48.4 Å². The number of carbonyl (C=O) groups is 2. The van der Waals surface area contributed by atoms with E-state index in [-0.39, 0.29) is 17.2 Å². The smallest absolute Gasteiger partial charge is 0.259 e. The van der Waals surface area contributed by atoms with Crippen molar-refractivity contribution in [3.63, 3.8) is 0 Å². The minimum atomic E-state index is -0.267. The van der Waals surface area contributed by atoms with Crippen molar-refractivity contribution in [2.24, 2.45) is 0 Å². The fraction of sp³-hybridized carbons (Fsp3) is 0.231. The minimum Gasteiger partial charge on any atom is -0.340 e. The average molecular weight is 455 g/mol. The molecule has 3 N–H and O–H groups in total. The Kier molecular flexibility index (Phi) is 5.28. The molecule has 1 aliphatic rings. The molecule has 8 nitrogen and oxygen atoms in total. The first-order valence-electron chi connectivity index (χ1n) is 11.2. The quantitative estimate of drug-likeness (QED) is 0.418. The number of nitrogens with one attached hydrogen (secondary N) is 3. The van der Waals surface area contributed by atoms with Gasteiger partial charge in [0.15, 0.2) is 0 Å². The molecule has 0 spiro atoms. The molecular formula is C26H26N6O2. The van der Waals surface area contributed by atoms with Gasteiger partial charge in [-0.1, -0.05) is 19.9 Å². The van der Waals surface area contributed by atoms with Crippen molar-refractivity contribution in [3.05, 3.63) is 77.6 Å². The average Bonchev–Trinajstić information content (AvgIpc) is 3.26. The normalized spacial score (nSPS) is 14.5. The Morgan fingerprint density at radius 1 is 1.09 bits per heavy atom. The summed E-state index contributed by atoms with van der Waals surface area (Å²) in [5.74, 6) is 0.241. The number of benzene rings is 2. The lowest BCUT2D eigenvalue weighted by atomic mass is 9.78. The van der Waals surface area contributed by atoms with E-state index in [4.69, 9.17) is 0 Å². The molecule has 0 bridgehead atoms. The molecule has 0 unspecified atom stereocenters. The summed E-state index contributed by atoms with van der Waals surface area (Å²) in [6, 6.07) is 15.2. The highest BCUT2D eigenvalue weighted by atomic mass is 16.2. The van der Waals surface area contributed by atoms with Crippen LogP contribution in [0.5, 0.6) is 0 Å². The second-order valence-corrected chi connectivity index (χ2v) is 9.28. The van der Waals surface area contributed by atoms with Gasteiger partial charge in [0.25, 0.3) is 5.91 Å². The van der Waals surface area contributed by atoms with Crippen molar-refractivity contribution >= 4 is 39.9 Å². The van der Waals surface area contributed by atoms with Gasteiger partial charge < -0.3 is 15.5 Å². The molecule has 0 fully saturated rings. The van der Waals surface area contributed by atoms with Crippen molar-refractivity contribution in [2.75, 3.05) is 17.2 Å². The Bertz CT molecular complexity index is 1410. The van der Waals surface area contributed by atoms with Gasteiger partial charge in [0.1, 0.15) is 5.82 Å². The molecule has 5 rings (SSSR count). The van der Waals surface area contributed by atoms with Crippen LogP contribution in [0.25, 0.3) is 10.9 Å². The van der Waals surface area contributed by atoms with E-state index in [2.05, 4.69) is 39.7 Å². The summed E-state index contributed by atoms with van der Waals surface area (Å²) in [4.78, 5) is 31.4. The number of amides is 2. The molecule has 2 aromatic carbocycles. The third-order valence-electron chi connectivity index (χ3n) is 6.24. The summed E-state index contributed by atoms with van der Waals surface area (Å²) in [7, 11) is 0. The van der Waals surface area contributed by atoms with Gasteiger partial charge in [0.2, 0.25) is 5.91 Å². The third kappa shape index (κ3) is 4.10.